The Morgan fingerprint density at radius 2 is 1.90 bits per heavy atom. The van der Waals surface area contributed by atoms with E-state index in [2.05, 4.69) is 15.3 Å². The highest BCUT2D eigenvalue weighted by atomic mass is 19.4. The first-order valence-electron chi connectivity index (χ1n) is 12.9. The zero-order valence-corrected chi connectivity index (χ0v) is 23.5. The molecular formula is C30H32F3N7O. The van der Waals surface area contributed by atoms with Crippen LogP contribution in [0.4, 0.5) is 18.9 Å². The lowest BCUT2D eigenvalue weighted by Gasteiger charge is -2.24. The molecule has 0 aliphatic rings. The normalized spacial score (nSPS) is 12.4. The van der Waals surface area contributed by atoms with Crippen LogP contribution in [-0.2, 0) is 6.18 Å². The molecule has 4 aromatic rings. The molecule has 0 fully saturated rings. The topological polar surface area (TPSA) is 113 Å². The molecule has 0 radical (unpaired) electrons. The first kappa shape index (κ1) is 29.3. The van der Waals surface area contributed by atoms with E-state index in [0.717, 1.165) is 12.6 Å². The Morgan fingerprint density at radius 3 is 2.51 bits per heavy atom. The van der Waals surface area contributed by atoms with E-state index in [1.807, 2.05) is 39.6 Å². The minimum Gasteiger partial charge on any atom is -0.380 e. The molecule has 0 aliphatic heterocycles. The molecule has 2 aromatic carbocycles. The minimum absolute atomic E-state index is 0.122. The van der Waals surface area contributed by atoms with Crippen molar-refractivity contribution in [1.29, 1.82) is 5.41 Å². The first-order chi connectivity index (χ1) is 19.2. The molecule has 0 atom stereocenters. The monoisotopic (exact) mass is 563 g/mol. The van der Waals surface area contributed by atoms with Crippen molar-refractivity contribution in [1.82, 2.24) is 19.4 Å². The van der Waals surface area contributed by atoms with Crippen LogP contribution >= 0.6 is 0 Å². The number of nitrogens with two attached hydrogens (primary N) is 1. The summed E-state index contributed by atoms with van der Waals surface area (Å²) in [6.45, 7) is 8.40. The Labute approximate surface area is 236 Å². The summed E-state index contributed by atoms with van der Waals surface area (Å²) in [6, 6.07) is 10.8. The highest BCUT2D eigenvalue weighted by Crippen LogP contribution is 2.38. The standard InChI is InChI=1S/C30H32F3N7O/c1-6-39(5)15-19(14-34)24-16-40(17-36-24)25-9-7-8-20-22(13-26(30(31,32)33)37-27(20)25)18-10-11-21(28(35)41)23(12-18)38-29(2,3)4/h7-17,34,38H,6H2,1-5H3,(H2,35,41)/b19-15+,34-14?. The average molecular weight is 564 g/mol. The fraction of sp³-hybridized carbons (Fsp3) is 0.267. The van der Waals surface area contributed by atoms with Gasteiger partial charge in [-0.2, -0.15) is 13.2 Å². The van der Waals surface area contributed by atoms with Gasteiger partial charge in [-0.3, -0.25) is 4.79 Å². The van der Waals surface area contributed by atoms with Gasteiger partial charge in [0.25, 0.3) is 5.91 Å². The van der Waals surface area contributed by atoms with Crippen LogP contribution in [0.1, 0.15) is 49.4 Å². The zero-order valence-electron chi connectivity index (χ0n) is 23.5. The van der Waals surface area contributed by atoms with Crippen LogP contribution < -0.4 is 11.1 Å². The molecule has 0 saturated heterocycles. The molecule has 11 heteroatoms. The minimum atomic E-state index is -4.71. The third kappa shape index (κ3) is 6.40. The average Bonchev–Trinajstić information content (AvgIpc) is 3.38. The molecule has 41 heavy (non-hydrogen) atoms. The van der Waals surface area contributed by atoms with Crippen molar-refractivity contribution in [3.8, 4) is 16.8 Å². The molecule has 0 spiro atoms. The van der Waals surface area contributed by atoms with E-state index < -0.39 is 23.3 Å². The summed E-state index contributed by atoms with van der Waals surface area (Å²) in [6.07, 6.45) is 1.39. The van der Waals surface area contributed by atoms with Crippen molar-refractivity contribution in [2.75, 3.05) is 18.9 Å². The number of nitrogens with one attached hydrogen (secondary N) is 2. The summed E-state index contributed by atoms with van der Waals surface area (Å²) in [4.78, 5) is 22.4. The Morgan fingerprint density at radius 1 is 1.17 bits per heavy atom. The maximum absolute atomic E-state index is 14.1. The third-order valence-corrected chi connectivity index (χ3v) is 6.38. The quantitative estimate of drug-likeness (QED) is 0.216. The van der Waals surface area contributed by atoms with Crippen LogP contribution in [-0.4, -0.2) is 50.7 Å². The molecule has 214 valence electrons. The van der Waals surface area contributed by atoms with Crippen LogP contribution in [0.25, 0.3) is 33.3 Å². The Kier molecular flexibility index (Phi) is 7.92. The van der Waals surface area contributed by atoms with E-state index >= 15 is 0 Å². The van der Waals surface area contributed by atoms with Crippen LogP contribution in [0.3, 0.4) is 0 Å². The van der Waals surface area contributed by atoms with Gasteiger partial charge in [-0.05, 0) is 63.1 Å². The van der Waals surface area contributed by atoms with Crippen LogP contribution in [0.15, 0.2) is 61.2 Å². The van der Waals surface area contributed by atoms with E-state index in [4.69, 9.17) is 11.1 Å². The molecule has 0 bridgehead atoms. The number of fused-ring (bicyclic) bond motifs is 1. The fourth-order valence-electron chi connectivity index (χ4n) is 4.37. The zero-order chi connectivity index (χ0) is 30.1. The number of alkyl halides is 3. The van der Waals surface area contributed by atoms with Gasteiger partial charge in [0.1, 0.15) is 5.69 Å². The van der Waals surface area contributed by atoms with Gasteiger partial charge in [-0.25, -0.2) is 9.97 Å². The number of halogens is 3. The number of amides is 1. The Bertz CT molecular complexity index is 1650. The SMILES string of the molecule is CCN(C)/C=C(\C=N)c1cn(-c2cccc3c(-c4ccc(C(N)=O)c(NC(C)(C)C)c4)cc(C(F)(F)F)nc23)cn1. The number of carbonyl (C=O) groups is 1. The molecule has 4 N–H and O–H groups in total. The lowest BCUT2D eigenvalue weighted by atomic mass is 9.96. The smallest absolute Gasteiger partial charge is 0.380 e. The van der Waals surface area contributed by atoms with Gasteiger partial charge in [0.2, 0.25) is 0 Å². The Hall–Kier alpha value is -4.67. The van der Waals surface area contributed by atoms with Crippen molar-refractivity contribution in [2.24, 2.45) is 5.73 Å². The second kappa shape index (κ2) is 11.1. The number of para-hydroxylation sites is 1. The molecular weight excluding hydrogens is 531 g/mol. The lowest BCUT2D eigenvalue weighted by molar-refractivity contribution is -0.140. The molecule has 0 aliphatic carbocycles. The Balaban J connectivity index is 1.96. The number of carbonyl (C=O) groups excluding carboxylic acids is 1. The van der Waals surface area contributed by atoms with E-state index in [1.54, 1.807) is 47.3 Å². The third-order valence-electron chi connectivity index (χ3n) is 6.38. The number of benzene rings is 2. The van der Waals surface area contributed by atoms with E-state index in [9.17, 15) is 18.0 Å². The number of anilines is 1. The van der Waals surface area contributed by atoms with Gasteiger partial charge in [-0.15, -0.1) is 0 Å². The predicted molar refractivity (Wildman–Crippen MR) is 156 cm³/mol. The molecule has 1 amide bonds. The highest BCUT2D eigenvalue weighted by molar-refractivity contribution is 6.07. The number of pyridine rings is 1. The van der Waals surface area contributed by atoms with Gasteiger partial charge < -0.3 is 25.9 Å². The number of primary amides is 1. The molecule has 2 aromatic heterocycles. The molecule has 2 heterocycles. The molecule has 0 saturated carbocycles. The van der Waals surface area contributed by atoms with Gasteiger partial charge in [0.05, 0.1) is 28.8 Å². The number of hydrogen-bond acceptors (Lipinski definition) is 6. The van der Waals surface area contributed by atoms with Crippen molar-refractivity contribution >= 4 is 34.3 Å². The maximum atomic E-state index is 14.1. The largest absolute Gasteiger partial charge is 0.433 e. The highest BCUT2D eigenvalue weighted by Gasteiger charge is 2.34. The first-order valence-corrected chi connectivity index (χ1v) is 12.9. The summed E-state index contributed by atoms with van der Waals surface area (Å²) in [5.74, 6) is -0.652. The molecule has 8 nitrogen and oxygen atoms in total. The second-order valence-electron chi connectivity index (χ2n) is 10.7. The number of imidazole rings is 1. The van der Waals surface area contributed by atoms with Crippen molar-refractivity contribution in [3.05, 3.63) is 78.1 Å². The summed E-state index contributed by atoms with van der Waals surface area (Å²) >= 11 is 0. The summed E-state index contributed by atoms with van der Waals surface area (Å²) in [5.41, 5.74) is 7.03. The van der Waals surface area contributed by atoms with E-state index in [0.29, 0.717) is 39.2 Å². The number of hydrogen-bond donors (Lipinski definition) is 3. The van der Waals surface area contributed by atoms with Crippen LogP contribution in [0.5, 0.6) is 0 Å². The summed E-state index contributed by atoms with van der Waals surface area (Å²) in [7, 11) is 1.87. The van der Waals surface area contributed by atoms with Crippen molar-refractivity contribution in [2.45, 2.75) is 39.4 Å². The van der Waals surface area contributed by atoms with Crippen molar-refractivity contribution < 1.29 is 18.0 Å². The van der Waals surface area contributed by atoms with Crippen LogP contribution in [0.2, 0.25) is 0 Å². The lowest BCUT2D eigenvalue weighted by Crippen LogP contribution is -2.28. The van der Waals surface area contributed by atoms with Crippen molar-refractivity contribution in [3.63, 3.8) is 0 Å². The van der Waals surface area contributed by atoms with Gasteiger partial charge in [0, 0.05) is 54.4 Å². The summed E-state index contributed by atoms with van der Waals surface area (Å²) in [5, 5.41) is 11.5. The van der Waals surface area contributed by atoms with E-state index in [1.165, 1.54) is 18.6 Å². The number of aromatic nitrogens is 3. The molecule has 0 unspecified atom stereocenters. The van der Waals surface area contributed by atoms with Gasteiger partial charge in [0.15, 0.2) is 0 Å². The summed E-state index contributed by atoms with van der Waals surface area (Å²) < 4.78 is 44.0. The number of nitrogens with zero attached hydrogens (tertiary/aromatic N) is 4. The van der Waals surface area contributed by atoms with Gasteiger partial charge >= 0.3 is 6.18 Å². The number of allylic oxidation sites excluding steroid dienone is 1. The van der Waals surface area contributed by atoms with E-state index in [-0.39, 0.29) is 11.1 Å². The maximum Gasteiger partial charge on any atom is 0.433 e. The number of rotatable bonds is 8. The fourth-order valence-corrected chi connectivity index (χ4v) is 4.37. The second-order valence-corrected chi connectivity index (χ2v) is 10.7. The predicted octanol–water partition coefficient (Wildman–Crippen LogP) is 6.36. The van der Waals surface area contributed by atoms with Gasteiger partial charge in [-0.1, -0.05) is 18.2 Å². The van der Waals surface area contributed by atoms with Crippen LogP contribution in [0, 0.1) is 5.41 Å². The molecule has 4 rings (SSSR count).